The van der Waals surface area contributed by atoms with E-state index in [9.17, 15) is 4.79 Å². The van der Waals surface area contributed by atoms with E-state index in [1.54, 1.807) is 11.3 Å². The lowest BCUT2D eigenvalue weighted by Gasteiger charge is -2.04. The summed E-state index contributed by atoms with van der Waals surface area (Å²) in [5.74, 6) is 0.0326. The van der Waals surface area contributed by atoms with Crippen LogP contribution in [0.25, 0.3) is 10.6 Å². The highest BCUT2D eigenvalue weighted by Gasteiger charge is 2.10. The molecule has 0 fully saturated rings. The van der Waals surface area contributed by atoms with Gasteiger partial charge in [-0.05, 0) is 12.5 Å². The standard InChI is InChI=1S/C19H18N2OS/c1-14-17(23-19(21-14)16-10-6-3-7-11-16)13-20-18(22)12-15-8-4-2-5-9-15/h2-11H,12-13H2,1H3,(H,20,22). The summed E-state index contributed by atoms with van der Waals surface area (Å²) in [6.07, 6.45) is 0.407. The Bertz CT molecular complexity index is 782. The molecule has 0 bridgehead atoms. The van der Waals surface area contributed by atoms with Gasteiger partial charge in [0.2, 0.25) is 5.91 Å². The van der Waals surface area contributed by atoms with Crippen LogP contribution in [-0.4, -0.2) is 10.9 Å². The summed E-state index contributed by atoms with van der Waals surface area (Å²) in [5, 5.41) is 3.98. The third-order valence-corrected chi connectivity index (χ3v) is 4.77. The lowest BCUT2D eigenvalue weighted by molar-refractivity contribution is -0.120. The molecule has 23 heavy (non-hydrogen) atoms. The van der Waals surface area contributed by atoms with Crippen LogP contribution in [0.3, 0.4) is 0 Å². The average Bonchev–Trinajstić information content (AvgIpc) is 2.96. The lowest BCUT2D eigenvalue weighted by atomic mass is 10.1. The molecule has 1 amide bonds. The second-order valence-electron chi connectivity index (χ2n) is 5.33. The van der Waals surface area contributed by atoms with Crippen LogP contribution in [0.1, 0.15) is 16.1 Å². The van der Waals surface area contributed by atoms with Crippen molar-refractivity contribution in [1.82, 2.24) is 10.3 Å². The van der Waals surface area contributed by atoms with E-state index in [1.807, 2.05) is 55.5 Å². The predicted octanol–water partition coefficient (Wildman–Crippen LogP) is 3.98. The summed E-state index contributed by atoms with van der Waals surface area (Å²) in [5.41, 5.74) is 3.12. The molecule has 3 rings (SSSR count). The van der Waals surface area contributed by atoms with E-state index in [4.69, 9.17) is 0 Å². The van der Waals surface area contributed by atoms with Crippen molar-refractivity contribution in [2.75, 3.05) is 0 Å². The first-order valence-corrected chi connectivity index (χ1v) is 8.36. The topological polar surface area (TPSA) is 42.0 Å². The summed E-state index contributed by atoms with van der Waals surface area (Å²) in [4.78, 5) is 17.8. The van der Waals surface area contributed by atoms with Crippen LogP contribution in [0, 0.1) is 6.92 Å². The molecule has 0 atom stereocenters. The molecule has 0 aliphatic carbocycles. The summed E-state index contributed by atoms with van der Waals surface area (Å²) in [6, 6.07) is 19.9. The fourth-order valence-electron chi connectivity index (χ4n) is 2.32. The molecule has 3 nitrogen and oxygen atoms in total. The third-order valence-electron chi connectivity index (χ3n) is 3.57. The minimum atomic E-state index is 0.0326. The number of benzene rings is 2. The number of carbonyl (C=O) groups excluding carboxylic acids is 1. The maximum absolute atomic E-state index is 12.0. The number of nitrogens with one attached hydrogen (secondary N) is 1. The third kappa shape index (κ3) is 4.05. The van der Waals surface area contributed by atoms with Crippen molar-refractivity contribution in [1.29, 1.82) is 0 Å². The molecule has 1 N–H and O–H groups in total. The van der Waals surface area contributed by atoms with Gasteiger partial charge in [0.05, 0.1) is 18.7 Å². The predicted molar refractivity (Wildman–Crippen MR) is 94.3 cm³/mol. The SMILES string of the molecule is Cc1nc(-c2ccccc2)sc1CNC(=O)Cc1ccccc1. The van der Waals surface area contributed by atoms with E-state index in [2.05, 4.69) is 22.4 Å². The average molecular weight is 322 g/mol. The number of aryl methyl sites for hydroxylation is 1. The number of hydrogen-bond acceptors (Lipinski definition) is 3. The minimum Gasteiger partial charge on any atom is -0.351 e. The Morgan fingerprint density at radius 3 is 2.39 bits per heavy atom. The maximum Gasteiger partial charge on any atom is 0.224 e. The van der Waals surface area contributed by atoms with Crippen molar-refractivity contribution in [2.24, 2.45) is 0 Å². The van der Waals surface area contributed by atoms with Gasteiger partial charge in [-0.2, -0.15) is 0 Å². The second kappa shape index (κ2) is 7.20. The fraction of sp³-hybridized carbons (Fsp3) is 0.158. The van der Waals surface area contributed by atoms with Gasteiger partial charge in [-0.25, -0.2) is 4.98 Å². The van der Waals surface area contributed by atoms with Crippen molar-refractivity contribution < 1.29 is 4.79 Å². The molecule has 0 aliphatic rings. The number of carbonyl (C=O) groups is 1. The van der Waals surface area contributed by atoms with E-state index in [1.165, 1.54) is 0 Å². The number of amides is 1. The summed E-state index contributed by atoms with van der Waals surface area (Å²) in [7, 11) is 0. The Hall–Kier alpha value is -2.46. The fourth-order valence-corrected chi connectivity index (χ4v) is 3.33. The Labute approximate surface area is 140 Å². The van der Waals surface area contributed by atoms with Gasteiger partial charge in [0.15, 0.2) is 0 Å². The molecule has 0 aliphatic heterocycles. The molecule has 3 aromatic rings. The molecular weight excluding hydrogens is 304 g/mol. The summed E-state index contributed by atoms with van der Waals surface area (Å²) >= 11 is 1.64. The van der Waals surface area contributed by atoms with Gasteiger partial charge in [0.25, 0.3) is 0 Å². The highest BCUT2D eigenvalue weighted by Crippen LogP contribution is 2.27. The van der Waals surface area contributed by atoms with Gasteiger partial charge in [-0.3, -0.25) is 4.79 Å². The van der Waals surface area contributed by atoms with Crippen LogP contribution < -0.4 is 5.32 Å². The van der Waals surface area contributed by atoms with Gasteiger partial charge < -0.3 is 5.32 Å². The number of thiazole rings is 1. The maximum atomic E-state index is 12.0. The first-order chi connectivity index (χ1) is 11.2. The van der Waals surface area contributed by atoms with Crippen molar-refractivity contribution in [3.8, 4) is 10.6 Å². The lowest BCUT2D eigenvalue weighted by Crippen LogP contribution is -2.24. The molecule has 0 saturated carbocycles. The van der Waals surface area contributed by atoms with Crippen molar-refractivity contribution >= 4 is 17.2 Å². The monoisotopic (exact) mass is 322 g/mol. The highest BCUT2D eigenvalue weighted by atomic mass is 32.1. The van der Waals surface area contributed by atoms with E-state index in [0.29, 0.717) is 13.0 Å². The summed E-state index contributed by atoms with van der Waals surface area (Å²) < 4.78 is 0. The van der Waals surface area contributed by atoms with E-state index < -0.39 is 0 Å². The number of aromatic nitrogens is 1. The molecule has 2 aromatic carbocycles. The summed E-state index contributed by atoms with van der Waals surface area (Å²) in [6.45, 7) is 2.52. The van der Waals surface area contributed by atoms with E-state index in [0.717, 1.165) is 26.7 Å². The Morgan fingerprint density at radius 1 is 1.04 bits per heavy atom. The van der Waals surface area contributed by atoms with Crippen LogP contribution in [0.15, 0.2) is 60.7 Å². The van der Waals surface area contributed by atoms with Gasteiger partial charge in [-0.15, -0.1) is 11.3 Å². The molecule has 116 valence electrons. The first kappa shape index (κ1) is 15.4. The van der Waals surface area contributed by atoms with Crippen molar-refractivity contribution in [3.05, 3.63) is 76.8 Å². The van der Waals surface area contributed by atoms with Gasteiger partial charge in [-0.1, -0.05) is 60.7 Å². The van der Waals surface area contributed by atoms with Crippen LogP contribution >= 0.6 is 11.3 Å². The molecular formula is C19H18N2OS. The minimum absolute atomic E-state index is 0.0326. The zero-order valence-corrected chi connectivity index (χ0v) is 13.8. The number of hydrogen-bond donors (Lipinski definition) is 1. The van der Waals surface area contributed by atoms with Gasteiger partial charge >= 0.3 is 0 Å². The normalized spacial score (nSPS) is 10.5. The molecule has 1 heterocycles. The van der Waals surface area contributed by atoms with E-state index in [-0.39, 0.29) is 5.91 Å². The zero-order chi connectivity index (χ0) is 16.1. The number of rotatable bonds is 5. The zero-order valence-electron chi connectivity index (χ0n) is 13.0. The Balaban J connectivity index is 1.62. The highest BCUT2D eigenvalue weighted by molar-refractivity contribution is 7.15. The van der Waals surface area contributed by atoms with E-state index >= 15 is 0 Å². The van der Waals surface area contributed by atoms with Gasteiger partial charge in [0.1, 0.15) is 5.01 Å². The Kier molecular flexibility index (Phi) is 4.83. The quantitative estimate of drug-likeness (QED) is 0.772. The van der Waals surface area contributed by atoms with Crippen molar-refractivity contribution in [2.45, 2.75) is 19.9 Å². The largest absolute Gasteiger partial charge is 0.351 e. The first-order valence-electron chi connectivity index (χ1n) is 7.55. The second-order valence-corrected chi connectivity index (χ2v) is 6.42. The molecule has 0 saturated heterocycles. The molecule has 0 radical (unpaired) electrons. The molecule has 4 heteroatoms. The molecule has 0 unspecified atom stereocenters. The van der Waals surface area contributed by atoms with Crippen LogP contribution in [0.5, 0.6) is 0 Å². The van der Waals surface area contributed by atoms with Crippen LogP contribution in [0.4, 0.5) is 0 Å². The molecule has 0 spiro atoms. The van der Waals surface area contributed by atoms with Crippen molar-refractivity contribution in [3.63, 3.8) is 0 Å². The molecule has 1 aromatic heterocycles. The van der Waals surface area contributed by atoms with Crippen LogP contribution in [0.2, 0.25) is 0 Å². The number of nitrogens with zero attached hydrogens (tertiary/aromatic N) is 1. The van der Waals surface area contributed by atoms with Gasteiger partial charge in [0, 0.05) is 10.4 Å². The van der Waals surface area contributed by atoms with Crippen LogP contribution in [-0.2, 0) is 17.8 Å². The Morgan fingerprint density at radius 2 is 1.70 bits per heavy atom. The smallest absolute Gasteiger partial charge is 0.224 e.